The lowest BCUT2D eigenvalue weighted by molar-refractivity contribution is -0.164. The molecule has 10 heteroatoms. The molecule has 0 spiro atoms. The van der Waals surface area contributed by atoms with Crippen molar-refractivity contribution >= 4 is 19.2 Å². The highest BCUT2D eigenvalue weighted by molar-refractivity contribution is 6.46. The first-order valence-electron chi connectivity index (χ1n) is 10.9. The molecule has 9 nitrogen and oxygen atoms in total. The largest absolute Gasteiger partial charge is 0.547 e. The number of carbonyl (C=O) groups is 2. The molecule has 1 aliphatic heterocycles. The van der Waals surface area contributed by atoms with Crippen LogP contribution in [0.4, 0.5) is 4.79 Å². The minimum atomic E-state index is -1.43. The zero-order valence-corrected chi connectivity index (χ0v) is 17.7. The Hall–Kier alpha value is -2.30. The monoisotopic (exact) mass is 435 g/mol. The molecule has 3 rings (SSSR count). The number of hydrogen-bond donors (Lipinski definition) is 3. The van der Waals surface area contributed by atoms with Crippen molar-refractivity contribution in [3.8, 4) is 5.75 Å². The van der Waals surface area contributed by atoms with Crippen molar-refractivity contribution in [1.82, 2.24) is 5.32 Å². The van der Waals surface area contributed by atoms with Crippen molar-refractivity contribution in [2.45, 2.75) is 76.6 Å². The summed E-state index contributed by atoms with van der Waals surface area (Å²) in [7, 11) is -1.26. The van der Waals surface area contributed by atoms with Crippen LogP contribution in [0, 0.1) is 0 Å². The van der Waals surface area contributed by atoms with Crippen molar-refractivity contribution in [1.29, 1.82) is 0 Å². The van der Waals surface area contributed by atoms with Gasteiger partial charge in [0.05, 0.1) is 5.94 Å². The van der Waals surface area contributed by atoms with Crippen molar-refractivity contribution < 1.29 is 38.6 Å². The molecule has 0 bridgehead atoms. The lowest BCUT2D eigenvalue weighted by atomic mass is 9.72. The van der Waals surface area contributed by atoms with E-state index in [1.54, 1.807) is 18.2 Å². The highest BCUT2D eigenvalue weighted by Crippen LogP contribution is 2.34. The molecule has 2 aliphatic rings. The number of fused-ring (bicyclic) bond motifs is 1. The van der Waals surface area contributed by atoms with E-state index >= 15 is 0 Å². The standard InChI is InChI=1S/C21H30BNO8/c1-2-7-18(24)23-17-12-14-8-6-11-16(19(14)31-22(17)27)20(25)28-13-29-21(26)30-15-9-4-3-5-10-15/h6,8,11,15,17,20,25,27H,2-5,7,9-10,12-13H2,1H3,(H,23,24)/t17-,20?/m0/s1. The molecule has 0 saturated heterocycles. The van der Waals surface area contributed by atoms with Gasteiger partial charge < -0.3 is 34.3 Å². The second kappa shape index (κ2) is 11.4. The summed E-state index contributed by atoms with van der Waals surface area (Å²) < 4.78 is 20.9. The SMILES string of the molecule is CCCC(=O)N[C@H]1Cc2cccc(C(O)OCOC(=O)OC3CCCCC3)c2OB1O. The van der Waals surface area contributed by atoms with E-state index in [9.17, 15) is 19.7 Å². The Morgan fingerprint density at radius 1 is 1.29 bits per heavy atom. The van der Waals surface area contributed by atoms with Gasteiger partial charge >= 0.3 is 13.3 Å². The third-order valence-corrected chi connectivity index (χ3v) is 5.46. The second-order valence-corrected chi connectivity index (χ2v) is 7.88. The number of nitrogens with one attached hydrogen (secondary N) is 1. The van der Waals surface area contributed by atoms with Gasteiger partial charge in [-0.25, -0.2) is 4.79 Å². The van der Waals surface area contributed by atoms with Crippen LogP contribution in [0.5, 0.6) is 5.75 Å². The van der Waals surface area contributed by atoms with Crippen LogP contribution in [-0.4, -0.2) is 48.1 Å². The Bertz CT molecular complexity index is 755. The van der Waals surface area contributed by atoms with Gasteiger partial charge in [0.2, 0.25) is 5.91 Å². The number of hydrogen-bond acceptors (Lipinski definition) is 8. The first-order chi connectivity index (χ1) is 15.0. The maximum Gasteiger partial charge on any atom is 0.547 e. The molecular weight excluding hydrogens is 405 g/mol. The van der Waals surface area contributed by atoms with E-state index in [0.29, 0.717) is 30.4 Å². The van der Waals surface area contributed by atoms with Crippen LogP contribution in [0.3, 0.4) is 0 Å². The molecule has 0 radical (unpaired) electrons. The van der Waals surface area contributed by atoms with E-state index in [0.717, 1.165) is 32.1 Å². The van der Waals surface area contributed by atoms with Crippen LogP contribution < -0.4 is 9.97 Å². The van der Waals surface area contributed by atoms with E-state index in [-0.39, 0.29) is 17.8 Å². The maximum atomic E-state index is 11.9. The molecule has 31 heavy (non-hydrogen) atoms. The summed E-state index contributed by atoms with van der Waals surface area (Å²) in [5.74, 6) is -0.457. The number of ether oxygens (including phenoxy) is 3. The average Bonchev–Trinajstić information content (AvgIpc) is 2.74. The van der Waals surface area contributed by atoms with Gasteiger partial charge in [-0.3, -0.25) is 4.79 Å². The van der Waals surface area contributed by atoms with Crippen LogP contribution in [0.15, 0.2) is 18.2 Å². The smallest absolute Gasteiger partial charge is 0.534 e. The number of benzene rings is 1. The summed E-state index contributed by atoms with van der Waals surface area (Å²) in [5.41, 5.74) is 1.00. The van der Waals surface area contributed by atoms with Gasteiger partial charge in [-0.15, -0.1) is 0 Å². The molecule has 2 atom stereocenters. The lowest BCUT2D eigenvalue weighted by Crippen LogP contribution is -2.53. The molecule has 1 unspecified atom stereocenters. The predicted molar refractivity (Wildman–Crippen MR) is 111 cm³/mol. The van der Waals surface area contributed by atoms with Gasteiger partial charge in [0.1, 0.15) is 11.9 Å². The quantitative estimate of drug-likeness (QED) is 0.323. The topological polar surface area (TPSA) is 124 Å². The third kappa shape index (κ3) is 6.59. The molecule has 1 fully saturated rings. The minimum absolute atomic E-state index is 0.132. The van der Waals surface area contributed by atoms with E-state index in [4.69, 9.17) is 18.9 Å². The highest BCUT2D eigenvalue weighted by atomic mass is 16.8. The van der Waals surface area contributed by atoms with E-state index < -0.39 is 32.3 Å². The Kier molecular flexibility index (Phi) is 8.56. The number of aliphatic hydroxyl groups is 1. The molecule has 1 saturated carbocycles. The van der Waals surface area contributed by atoms with Crippen molar-refractivity contribution in [2.24, 2.45) is 0 Å². The summed E-state index contributed by atoms with van der Waals surface area (Å²) in [5, 5.41) is 23.5. The summed E-state index contributed by atoms with van der Waals surface area (Å²) in [6.07, 6.45) is 3.88. The molecule has 1 aliphatic carbocycles. The summed E-state index contributed by atoms with van der Waals surface area (Å²) in [6, 6.07) is 5.09. The third-order valence-electron chi connectivity index (χ3n) is 5.46. The first-order valence-corrected chi connectivity index (χ1v) is 10.9. The number of para-hydroxylation sites is 1. The predicted octanol–water partition coefficient (Wildman–Crippen LogP) is 2.38. The van der Waals surface area contributed by atoms with Gasteiger partial charge in [-0.1, -0.05) is 31.5 Å². The second-order valence-electron chi connectivity index (χ2n) is 7.88. The Morgan fingerprint density at radius 2 is 2.06 bits per heavy atom. The van der Waals surface area contributed by atoms with Crippen molar-refractivity contribution in [2.75, 3.05) is 6.79 Å². The maximum absolute atomic E-state index is 11.9. The molecular formula is C21H30BNO8. The Balaban J connectivity index is 1.52. The van der Waals surface area contributed by atoms with Crippen molar-refractivity contribution in [3.63, 3.8) is 0 Å². The number of rotatable bonds is 8. The summed E-state index contributed by atoms with van der Waals surface area (Å²) in [4.78, 5) is 23.6. The van der Waals surface area contributed by atoms with Gasteiger partial charge in [0, 0.05) is 12.0 Å². The molecule has 1 aromatic rings. The minimum Gasteiger partial charge on any atom is -0.534 e. The van der Waals surface area contributed by atoms with Gasteiger partial charge in [0.25, 0.3) is 0 Å². The molecule has 1 heterocycles. The lowest BCUT2D eigenvalue weighted by Gasteiger charge is -2.30. The molecule has 0 aromatic heterocycles. The Labute approximate surface area is 182 Å². The van der Waals surface area contributed by atoms with Crippen LogP contribution in [0.25, 0.3) is 0 Å². The fourth-order valence-corrected chi connectivity index (χ4v) is 3.86. The zero-order valence-electron chi connectivity index (χ0n) is 17.7. The zero-order chi connectivity index (χ0) is 22.2. The summed E-state index contributed by atoms with van der Waals surface area (Å²) in [6.45, 7) is 1.41. The fraction of sp³-hybridized carbons (Fsp3) is 0.619. The number of carbonyl (C=O) groups excluding carboxylic acids is 2. The van der Waals surface area contributed by atoms with E-state index in [2.05, 4.69) is 5.32 Å². The normalized spacial score (nSPS) is 19.7. The highest BCUT2D eigenvalue weighted by Gasteiger charge is 2.37. The Morgan fingerprint density at radius 3 is 2.81 bits per heavy atom. The first kappa shape index (κ1) is 23.4. The molecule has 1 aromatic carbocycles. The molecule has 170 valence electrons. The fourth-order valence-electron chi connectivity index (χ4n) is 3.86. The van der Waals surface area contributed by atoms with E-state index in [1.165, 1.54) is 0 Å². The van der Waals surface area contributed by atoms with Crippen LogP contribution in [0.2, 0.25) is 0 Å². The van der Waals surface area contributed by atoms with E-state index in [1.807, 2.05) is 6.92 Å². The van der Waals surface area contributed by atoms with Crippen molar-refractivity contribution in [3.05, 3.63) is 29.3 Å². The summed E-state index contributed by atoms with van der Waals surface area (Å²) >= 11 is 0. The van der Waals surface area contributed by atoms with Gasteiger partial charge in [0.15, 0.2) is 13.1 Å². The van der Waals surface area contributed by atoms with Gasteiger partial charge in [-0.2, -0.15) is 0 Å². The molecule has 3 N–H and O–H groups in total. The van der Waals surface area contributed by atoms with Crippen LogP contribution in [0.1, 0.15) is 69.3 Å². The number of amides is 1. The number of aliphatic hydroxyl groups excluding tert-OH is 1. The van der Waals surface area contributed by atoms with Gasteiger partial charge in [-0.05, 0) is 44.1 Å². The average molecular weight is 435 g/mol. The molecule has 1 amide bonds. The van der Waals surface area contributed by atoms with Crippen LogP contribution in [-0.2, 0) is 25.4 Å². The van der Waals surface area contributed by atoms with Crippen LogP contribution >= 0.6 is 0 Å².